The molecule has 2 rings (SSSR count). The van der Waals surface area contributed by atoms with Gasteiger partial charge in [-0.1, -0.05) is 0 Å². The Hall–Kier alpha value is -2.39. The number of pyridine rings is 1. The molecular formula is C12H3F8NO. The molecule has 0 saturated heterocycles. The van der Waals surface area contributed by atoms with Gasteiger partial charge in [0.25, 0.3) is 0 Å². The third kappa shape index (κ3) is 2.34. The molecule has 1 aromatic heterocycles. The van der Waals surface area contributed by atoms with Crippen molar-refractivity contribution >= 4 is 0 Å². The van der Waals surface area contributed by atoms with Crippen LogP contribution in [0, 0.1) is 29.1 Å². The van der Waals surface area contributed by atoms with E-state index in [1.165, 1.54) is 4.98 Å². The Balaban J connectivity index is 3.00. The van der Waals surface area contributed by atoms with Crippen molar-refractivity contribution in [2.45, 2.75) is 6.18 Å². The van der Waals surface area contributed by atoms with E-state index in [0.717, 1.165) is 0 Å². The van der Waals surface area contributed by atoms with Crippen LogP contribution in [0.5, 0.6) is 0 Å². The fourth-order valence-electron chi connectivity index (χ4n) is 1.78. The van der Waals surface area contributed by atoms with Crippen LogP contribution in [0.25, 0.3) is 11.1 Å². The normalized spacial score (nSPS) is 11.8. The Morgan fingerprint density at radius 2 is 1.23 bits per heavy atom. The van der Waals surface area contributed by atoms with Crippen LogP contribution in [0.3, 0.4) is 0 Å². The largest absolute Gasteiger partial charge is 0.431 e. The molecule has 1 heterocycles. The van der Waals surface area contributed by atoms with E-state index in [1.807, 2.05) is 0 Å². The molecule has 0 unspecified atom stereocenters. The smallest absolute Gasteiger partial charge is 0.357 e. The first-order chi connectivity index (χ1) is 10.1. The monoisotopic (exact) mass is 329 g/mol. The zero-order valence-electron chi connectivity index (χ0n) is 10.1. The highest BCUT2D eigenvalue weighted by molar-refractivity contribution is 5.68. The van der Waals surface area contributed by atoms with Gasteiger partial charge in [-0.25, -0.2) is 22.0 Å². The van der Waals surface area contributed by atoms with E-state index in [-0.39, 0.29) is 0 Å². The van der Waals surface area contributed by atoms with E-state index in [2.05, 4.69) is 0 Å². The number of aromatic amines is 1. The average molecular weight is 329 g/mol. The molecule has 0 aliphatic heterocycles. The fraction of sp³-hybridized carbons (Fsp3) is 0.0833. The summed E-state index contributed by atoms with van der Waals surface area (Å²) >= 11 is 0. The Kier molecular flexibility index (Phi) is 3.71. The van der Waals surface area contributed by atoms with E-state index in [4.69, 9.17) is 0 Å². The molecule has 1 N–H and O–H groups in total. The van der Waals surface area contributed by atoms with Gasteiger partial charge in [0.15, 0.2) is 28.7 Å². The molecule has 0 fully saturated rings. The molecule has 0 amide bonds. The van der Waals surface area contributed by atoms with Crippen LogP contribution in [-0.4, -0.2) is 4.98 Å². The van der Waals surface area contributed by atoms with Crippen LogP contribution in [0.15, 0.2) is 17.1 Å². The number of alkyl halides is 3. The van der Waals surface area contributed by atoms with Crippen molar-refractivity contribution in [1.82, 2.24) is 4.98 Å². The Morgan fingerprint density at radius 3 is 1.68 bits per heavy atom. The number of halogens is 8. The summed E-state index contributed by atoms with van der Waals surface area (Å²) in [4.78, 5) is 13.0. The first-order valence-corrected chi connectivity index (χ1v) is 5.38. The second-order valence-electron chi connectivity index (χ2n) is 4.03. The van der Waals surface area contributed by atoms with Gasteiger partial charge in [-0.2, -0.15) is 13.2 Å². The lowest BCUT2D eigenvalue weighted by Gasteiger charge is -2.14. The van der Waals surface area contributed by atoms with Gasteiger partial charge in [-0.05, 0) is 0 Å². The zero-order valence-corrected chi connectivity index (χ0v) is 10.1. The van der Waals surface area contributed by atoms with Gasteiger partial charge >= 0.3 is 6.18 Å². The number of aromatic nitrogens is 1. The number of rotatable bonds is 1. The third-order valence-electron chi connectivity index (χ3n) is 2.70. The van der Waals surface area contributed by atoms with Crippen LogP contribution in [0.4, 0.5) is 35.1 Å². The van der Waals surface area contributed by atoms with Crippen molar-refractivity contribution in [2.24, 2.45) is 0 Å². The molecule has 2 aromatic rings. The summed E-state index contributed by atoms with van der Waals surface area (Å²) in [6.45, 7) is 0. The zero-order chi connectivity index (χ0) is 16.8. The van der Waals surface area contributed by atoms with Gasteiger partial charge in [0.1, 0.15) is 5.69 Å². The van der Waals surface area contributed by atoms with E-state index in [9.17, 15) is 39.9 Å². The molecule has 22 heavy (non-hydrogen) atoms. The molecule has 1 aromatic carbocycles. The second-order valence-corrected chi connectivity index (χ2v) is 4.03. The first kappa shape index (κ1) is 16.0. The van der Waals surface area contributed by atoms with Crippen molar-refractivity contribution in [1.29, 1.82) is 0 Å². The summed E-state index contributed by atoms with van der Waals surface area (Å²) in [6, 6.07) is 0.461. The predicted molar refractivity (Wildman–Crippen MR) is 57.3 cm³/mol. The summed E-state index contributed by atoms with van der Waals surface area (Å²) < 4.78 is 105. The highest BCUT2D eigenvalue weighted by atomic mass is 19.4. The van der Waals surface area contributed by atoms with E-state index >= 15 is 0 Å². The number of nitrogens with one attached hydrogen (secondary N) is 1. The van der Waals surface area contributed by atoms with Crippen molar-refractivity contribution < 1.29 is 35.1 Å². The summed E-state index contributed by atoms with van der Waals surface area (Å²) in [5, 5.41) is 0. The molecule has 2 nitrogen and oxygen atoms in total. The molecule has 0 spiro atoms. The van der Waals surface area contributed by atoms with Gasteiger partial charge in [0.2, 0.25) is 5.82 Å². The van der Waals surface area contributed by atoms with Crippen LogP contribution in [0.2, 0.25) is 0 Å². The lowest BCUT2D eigenvalue weighted by Crippen LogP contribution is -2.19. The maximum absolute atomic E-state index is 13.6. The van der Waals surface area contributed by atoms with Gasteiger partial charge in [0, 0.05) is 12.3 Å². The maximum Gasteiger partial charge on any atom is 0.431 e. The molecule has 118 valence electrons. The second kappa shape index (κ2) is 5.11. The Morgan fingerprint density at radius 1 is 0.773 bits per heavy atom. The quantitative estimate of drug-likeness (QED) is 0.482. The summed E-state index contributed by atoms with van der Waals surface area (Å²) in [5.41, 5.74) is -7.12. The molecule has 0 bridgehead atoms. The van der Waals surface area contributed by atoms with Crippen LogP contribution < -0.4 is 5.43 Å². The number of hydrogen-bond donors (Lipinski definition) is 1. The molecule has 0 saturated carbocycles. The minimum Gasteiger partial charge on any atom is -0.357 e. The van der Waals surface area contributed by atoms with E-state index in [1.54, 1.807) is 0 Å². The molecule has 10 heteroatoms. The Labute approximate surface area is 116 Å². The highest BCUT2D eigenvalue weighted by Gasteiger charge is 2.39. The highest BCUT2D eigenvalue weighted by Crippen LogP contribution is 2.37. The van der Waals surface area contributed by atoms with Gasteiger partial charge in [-0.15, -0.1) is 0 Å². The van der Waals surface area contributed by atoms with Crippen molar-refractivity contribution in [3.8, 4) is 11.1 Å². The third-order valence-corrected chi connectivity index (χ3v) is 2.70. The molecular weight excluding hydrogens is 326 g/mol. The van der Waals surface area contributed by atoms with Gasteiger partial charge < -0.3 is 4.98 Å². The fourth-order valence-corrected chi connectivity index (χ4v) is 1.78. The minimum absolute atomic E-state index is 0.461. The molecule has 0 aliphatic carbocycles. The number of hydrogen-bond acceptors (Lipinski definition) is 1. The SMILES string of the molecule is O=c1cc[nH]c(C(F)(F)F)c1-c1c(F)c(F)c(F)c(F)c1F. The maximum atomic E-state index is 13.6. The van der Waals surface area contributed by atoms with Crippen molar-refractivity contribution in [2.75, 3.05) is 0 Å². The standard InChI is InChI=1S/C12H3F8NO/c13-6-5(7(14)9(16)10(17)8(6)15)4-3(22)1-2-21-11(4)12(18,19)20/h1-2H,(H,21,22). The topological polar surface area (TPSA) is 32.9 Å². The first-order valence-electron chi connectivity index (χ1n) is 5.38. The lowest BCUT2D eigenvalue weighted by atomic mass is 10.0. The van der Waals surface area contributed by atoms with Crippen molar-refractivity contribution in [3.63, 3.8) is 0 Å². The van der Waals surface area contributed by atoms with Gasteiger partial charge in [-0.3, -0.25) is 4.79 Å². The molecule has 0 radical (unpaired) electrons. The number of H-pyrrole nitrogens is 1. The Bertz CT molecular complexity index is 779. The predicted octanol–water partition coefficient (Wildman–Crippen LogP) is 3.76. The molecule has 0 aliphatic rings. The summed E-state index contributed by atoms with van der Waals surface area (Å²) in [7, 11) is 0. The van der Waals surface area contributed by atoms with E-state index < -0.39 is 57.5 Å². The minimum atomic E-state index is -5.28. The summed E-state index contributed by atoms with van der Waals surface area (Å²) in [5.74, 6) is -12.5. The summed E-state index contributed by atoms with van der Waals surface area (Å²) in [6.07, 6.45) is -4.75. The lowest BCUT2D eigenvalue weighted by molar-refractivity contribution is -0.140. The molecule has 0 atom stereocenters. The van der Waals surface area contributed by atoms with Gasteiger partial charge in [0.05, 0.1) is 11.1 Å². The van der Waals surface area contributed by atoms with Crippen LogP contribution in [0.1, 0.15) is 5.69 Å². The van der Waals surface area contributed by atoms with E-state index in [0.29, 0.717) is 12.3 Å². The van der Waals surface area contributed by atoms with Crippen LogP contribution >= 0.6 is 0 Å². The van der Waals surface area contributed by atoms with Crippen molar-refractivity contribution in [3.05, 3.63) is 57.3 Å². The average Bonchev–Trinajstić information content (AvgIpc) is 2.43. The van der Waals surface area contributed by atoms with Crippen LogP contribution in [-0.2, 0) is 6.18 Å². The number of benzene rings is 1.